The minimum atomic E-state index is -3.40. The molecule has 0 aliphatic carbocycles. The van der Waals surface area contributed by atoms with Crippen molar-refractivity contribution in [1.82, 2.24) is 0 Å². The molecule has 296 valence electrons. The van der Waals surface area contributed by atoms with E-state index in [1.165, 1.54) is 27.1 Å². The molecular weight excluding hydrogens is 808 g/mol. The van der Waals surface area contributed by atoms with Crippen molar-refractivity contribution >= 4 is 85.3 Å². The van der Waals surface area contributed by atoms with Crippen LogP contribution in [0.1, 0.15) is 0 Å². The fraction of sp³-hybridized carbons (Fsp3) is 0.0385. The Bertz CT molecular complexity index is 2390. The van der Waals surface area contributed by atoms with Gasteiger partial charge in [0, 0.05) is 35.9 Å². The van der Waals surface area contributed by atoms with Gasteiger partial charge in [0.1, 0.15) is 0 Å². The van der Waals surface area contributed by atoms with Crippen molar-refractivity contribution in [2.24, 2.45) is 9.51 Å². The van der Waals surface area contributed by atoms with E-state index < -0.39 is 30.2 Å². The number of benzene rings is 8. The van der Waals surface area contributed by atoms with Crippen LogP contribution in [0.4, 0.5) is 0 Å². The second-order valence-electron chi connectivity index (χ2n) is 13.7. The summed E-state index contributed by atoms with van der Waals surface area (Å²) in [6.45, 7) is 0. The summed E-state index contributed by atoms with van der Waals surface area (Å²) in [5, 5.41) is 9.16. The summed E-state index contributed by atoms with van der Waals surface area (Å²) in [4.78, 5) is 14.9. The average Bonchev–Trinajstić information content (AvgIpc) is 3.34. The number of nitrogens with zero attached hydrogens (tertiary/aromatic N) is 2. The molecule has 0 aliphatic rings. The zero-order valence-corrected chi connectivity index (χ0v) is 36.7. The predicted molar refractivity (Wildman–Crippen MR) is 264 cm³/mol. The number of rotatable bonds is 14. The molecule has 8 rings (SSSR count). The Hall–Kier alpha value is -5.58. The van der Waals surface area contributed by atoms with Gasteiger partial charge >= 0.3 is 0 Å². The van der Waals surface area contributed by atoms with E-state index >= 15 is 0 Å². The molecule has 0 bridgehead atoms. The van der Waals surface area contributed by atoms with Crippen LogP contribution in [0.25, 0.3) is 0 Å². The number of hydrogen-bond donors (Lipinski definition) is 0. The predicted octanol–water partition coefficient (Wildman–Crippen LogP) is 10.2. The Morgan fingerprint density at radius 1 is 0.383 bits per heavy atom. The third kappa shape index (κ3) is 10.6. The highest BCUT2D eigenvalue weighted by Crippen LogP contribution is 2.59. The van der Waals surface area contributed by atoms with E-state index in [1.807, 2.05) is 121 Å². The summed E-state index contributed by atoms with van der Waals surface area (Å²) in [7, 11) is -6.85. The zero-order chi connectivity index (χ0) is 41.3. The Morgan fingerprint density at radius 2 is 0.650 bits per heavy atom. The lowest BCUT2D eigenvalue weighted by atomic mass is 10.4. The summed E-state index contributed by atoms with van der Waals surface area (Å²) in [5.74, 6) is 1.17. The molecule has 0 aromatic heterocycles. The third-order valence-electron chi connectivity index (χ3n) is 9.92. The Labute approximate surface area is 357 Å². The minimum Gasteiger partial charge on any atom is -0.288 e. The zero-order valence-electron chi connectivity index (χ0n) is 33.2. The van der Waals surface area contributed by atoms with Crippen molar-refractivity contribution in [1.29, 1.82) is 0 Å². The molecule has 0 aliphatic heterocycles. The van der Waals surface area contributed by atoms with Crippen molar-refractivity contribution in [3.8, 4) is 0 Å². The molecule has 60 heavy (non-hydrogen) atoms. The highest BCUT2D eigenvalue weighted by molar-refractivity contribution is 7.90. The maximum absolute atomic E-state index is 15.0. The van der Waals surface area contributed by atoms with Crippen molar-refractivity contribution in [2.75, 3.05) is 12.1 Å². The van der Waals surface area contributed by atoms with Crippen LogP contribution in [-0.4, -0.2) is 24.7 Å². The quantitative estimate of drug-likeness (QED) is 0.0622. The second kappa shape index (κ2) is 21.6. The van der Waals surface area contributed by atoms with E-state index in [2.05, 4.69) is 126 Å². The van der Waals surface area contributed by atoms with Crippen LogP contribution in [0, 0.1) is 0 Å². The average molecular weight is 855 g/mol. The second-order valence-corrected chi connectivity index (χ2v) is 24.5. The fourth-order valence-electron chi connectivity index (χ4n) is 6.98. The van der Waals surface area contributed by atoms with Gasteiger partial charge in [-0.15, -0.1) is 0 Å². The summed E-state index contributed by atoms with van der Waals surface area (Å²) in [5.41, 5.74) is 0. The van der Waals surface area contributed by atoms with Crippen LogP contribution in [0.5, 0.6) is 0 Å². The molecule has 0 saturated heterocycles. The molecule has 8 aromatic carbocycles. The summed E-state index contributed by atoms with van der Waals surface area (Å²) in [6, 6.07) is 82.9. The number of hydrogen-bond acceptors (Lipinski definition) is 2. The Balaban J connectivity index is 0.000000185. The van der Waals surface area contributed by atoms with Crippen LogP contribution < -0.4 is 42.4 Å². The van der Waals surface area contributed by atoms with E-state index in [0.717, 1.165) is 10.6 Å². The van der Waals surface area contributed by atoms with Crippen LogP contribution >= 0.6 is 30.2 Å². The Morgan fingerprint density at radius 3 is 0.933 bits per heavy atom. The third-order valence-corrected chi connectivity index (χ3v) is 23.1. The molecule has 8 heteroatoms. The summed E-state index contributed by atoms with van der Waals surface area (Å²) in [6.07, 6.45) is 2.52. The highest BCUT2D eigenvalue weighted by atomic mass is 31.2. The van der Waals surface area contributed by atoms with Gasteiger partial charge in [-0.05, 0) is 71.9 Å². The molecule has 0 saturated carbocycles. The molecule has 0 atom stereocenters. The molecule has 0 spiro atoms. The van der Waals surface area contributed by atoms with Gasteiger partial charge in [-0.2, -0.15) is 0 Å². The maximum Gasteiger partial charge on any atom is 0.246 e. The minimum absolute atomic E-state index is 0.392. The topological polar surface area (TPSA) is 58.9 Å². The number of amides is 1. The van der Waals surface area contributed by atoms with Gasteiger partial charge in [-0.3, -0.25) is 9.36 Å². The molecule has 0 N–H and O–H groups in total. The Kier molecular flexibility index (Phi) is 15.3. The lowest BCUT2D eigenvalue weighted by Crippen LogP contribution is -2.22. The highest BCUT2D eigenvalue weighted by Gasteiger charge is 2.33. The van der Waals surface area contributed by atoms with Crippen molar-refractivity contribution in [3.05, 3.63) is 243 Å². The van der Waals surface area contributed by atoms with Gasteiger partial charge in [0.05, 0.1) is 0 Å². The fourth-order valence-corrected chi connectivity index (χ4v) is 20.9. The smallest absolute Gasteiger partial charge is 0.246 e. The van der Waals surface area contributed by atoms with Gasteiger partial charge in [0.25, 0.3) is 0 Å². The lowest BCUT2D eigenvalue weighted by Gasteiger charge is -2.28. The number of carbonyl (C=O) groups excluding carboxylic acids is 1. The molecule has 0 fully saturated rings. The standard InChI is InChI=1S/C27H24N2O2P2.C25H22P2/c30-23-28-21-22-32(24-13-5-1-6-14-24,25-15-7-2-8-16-25)29-33(31,26-17-9-3-10-18-26)27-19-11-4-12-20-27;1-5-13-22(14-6-1)26(23-15-7-2-8-16-23)21-27(24-17-9-3-10-18-24)25-19-11-4-12-20-25/h1-21,23H,22H2;1-20H,21H2. The van der Waals surface area contributed by atoms with Gasteiger partial charge in [-0.25, -0.2) is 9.51 Å². The monoisotopic (exact) mass is 854 g/mol. The molecule has 0 radical (unpaired) electrons. The SMILES string of the molecule is O=CN=CCP(=NP(=O)(c1ccccc1)c1ccccc1)(c1ccccc1)c1ccccc1.c1ccc(P(CP(c2ccccc2)c2ccccc2)c2ccccc2)cc1. The number of aliphatic imine (C=N–C) groups is 1. The van der Waals surface area contributed by atoms with Gasteiger partial charge in [0.2, 0.25) is 13.7 Å². The van der Waals surface area contributed by atoms with Crippen LogP contribution in [0.2, 0.25) is 0 Å². The lowest BCUT2D eigenvalue weighted by molar-refractivity contribution is -0.106. The summed E-state index contributed by atoms with van der Waals surface area (Å²) < 4.78 is 20.3. The first kappa shape index (κ1) is 42.5. The van der Waals surface area contributed by atoms with E-state index in [-0.39, 0.29) is 0 Å². The van der Waals surface area contributed by atoms with Gasteiger partial charge in [0.15, 0.2) is 0 Å². The van der Waals surface area contributed by atoms with Crippen molar-refractivity contribution < 1.29 is 9.36 Å². The van der Waals surface area contributed by atoms with E-state index in [9.17, 15) is 9.36 Å². The van der Waals surface area contributed by atoms with E-state index in [1.54, 1.807) is 6.21 Å². The maximum atomic E-state index is 15.0. The van der Waals surface area contributed by atoms with Gasteiger partial charge in [-0.1, -0.05) is 218 Å². The summed E-state index contributed by atoms with van der Waals surface area (Å²) >= 11 is 0. The molecule has 4 nitrogen and oxygen atoms in total. The molecule has 0 unspecified atom stereocenters. The van der Waals surface area contributed by atoms with Crippen LogP contribution in [0.15, 0.2) is 252 Å². The molecule has 1 amide bonds. The van der Waals surface area contributed by atoms with Crippen LogP contribution in [0.3, 0.4) is 0 Å². The normalized spacial score (nSPS) is 11.5. The van der Waals surface area contributed by atoms with Crippen LogP contribution in [-0.2, 0) is 9.36 Å². The first-order valence-electron chi connectivity index (χ1n) is 19.8. The first-order chi connectivity index (χ1) is 29.6. The first-order valence-corrected chi connectivity index (χ1v) is 26.4. The van der Waals surface area contributed by atoms with Gasteiger partial charge < -0.3 is 0 Å². The van der Waals surface area contributed by atoms with Crippen molar-refractivity contribution in [2.45, 2.75) is 0 Å². The largest absolute Gasteiger partial charge is 0.288 e. The van der Waals surface area contributed by atoms with Crippen molar-refractivity contribution in [3.63, 3.8) is 0 Å². The molecular formula is C52H46N2O2P4. The van der Waals surface area contributed by atoms with E-state index in [0.29, 0.717) is 23.2 Å². The number of carbonyl (C=O) groups is 1. The van der Waals surface area contributed by atoms with E-state index in [4.69, 9.17) is 4.52 Å². The molecule has 8 aromatic rings. The molecule has 0 heterocycles.